The highest BCUT2D eigenvalue weighted by Crippen LogP contribution is 2.38. The van der Waals surface area contributed by atoms with E-state index in [0.29, 0.717) is 16.3 Å². The molecule has 2 aromatic rings. The Bertz CT molecular complexity index is 973. The van der Waals surface area contributed by atoms with Gasteiger partial charge in [0.1, 0.15) is 11.4 Å². The average Bonchev–Trinajstić information content (AvgIpc) is 3.37. The van der Waals surface area contributed by atoms with Crippen molar-refractivity contribution in [3.8, 4) is 0 Å². The summed E-state index contributed by atoms with van der Waals surface area (Å²) in [7, 11) is 0. The lowest BCUT2D eigenvalue weighted by Gasteiger charge is -2.12. The Morgan fingerprint density at radius 3 is 2.69 bits per heavy atom. The van der Waals surface area contributed by atoms with E-state index in [1.165, 1.54) is 6.20 Å². The molecule has 1 aromatic heterocycles. The van der Waals surface area contributed by atoms with Gasteiger partial charge in [0.25, 0.3) is 11.8 Å². The lowest BCUT2D eigenvalue weighted by atomic mass is 10.0. The van der Waals surface area contributed by atoms with Crippen LogP contribution in [-0.2, 0) is 4.79 Å². The number of hydrogen-bond donors (Lipinski definition) is 1. The Hall–Kier alpha value is -2.51. The zero-order valence-corrected chi connectivity index (χ0v) is 15.0. The van der Waals surface area contributed by atoms with E-state index in [1.54, 1.807) is 23.1 Å². The first kappa shape index (κ1) is 16.9. The van der Waals surface area contributed by atoms with Crippen molar-refractivity contribution in [1.82, 2.24) is 14.9 Å². The third-order valence-electron chi connectivity index (χ3n) is 4.33. The first-order chi connectivity index (χ1) is 12.6. The molecule has 4 rings (SSSR count). The average molecular weight is 390 g/mol. The largest absolute Gasteiger partial charge is 0.340 e. The molecular formula is C17H13Cl2N5O2. The van der Waals surface area contributed by atoms with Crippen molar-refractivity contribution in [2.45, 2.75) is 12.8 Å². The molecular weight excluding hydrogens is 377 g/mol. The van der Waals surface area contributed by atoms with Crippen LogP contribution in [0, 0.1) is 0 Å². The molecule has 0 unspecified atom stereocenters. The number of halogens is 2. The zero-order chi connectivity index (χ0) is 18.3. The second-order valence-corrected chi connectivity index (χ2v) is 6.75. The maximum atomic E-state index is 12.4. The molecule has 2 aliphatic rings. The Morgan fingerprint density at radius 2 is 1.92 bits per heavy atom. The molecule has 1 fully saturated rings. The Morgan fingerprint density at radius 1 is 1.15 bits per heavy atom. The summed E-state index contributed by atoms with van der Waals surface area (Å²) in [4.78, 5) is 33.6. The molecule has 0 saturated carbocycles. The van der Waals surface area contributed by atoms with Gasteiger partial charge in [0.2, 0.25) is 0 Å². The lowest BCUT2D eigenvalue weighted by molar-refractivity contribution is -0.112. The fourth-order valence-corrected chi connectivity index (χ4v) is 3.43. The van der Waals surface area contributed by atoms with Gasteiger partial charge in [0.05, 0.1) is 15.6 Å². The highest BCUT2D eigenvalue weighted by molar-refractivity contribution is 6.45. The van der Waals surface area contributed by atoms with Crippen LogP contribution in [0.1, 0.15) is 34.7 Å². The topological polar surface area (TPSA) is 90.8 Å². The number of aromatic amines is 1. The van der Waals surface area contributed by atoms with E-state index in [2.05, 4.69) is 20.2 Å². The second kappa shape index (κ2) is 6.66. The Labute approximate surface area is 158 Å². The molecule has 9 heteroatoms. The summed E-state index contributed by atoms with van der Waals surface area (Å²) in [6.07, 6.45) is 3.52. The quantitative estimate of drug-likeness (QED) is 0.864. The molecule has 1 N–H and O–H groups in total. The number of nitrogens with one attached hydrogen (secondary N) is 1. The maximum absolute atomic E-state index is 12.4. The van der Waals surface area contributed by atoms with Crippen LogP contribution in [0.5, 0.6) is 0 Å². The van der Waals surface area contributed by atoms with Crippen molar-refractivity contribution in [2.75, 3.05) is 13.1 Å². The van der Waals surface area contributed by atoms with Crippen LogP contribution in [0.3, 0.4) is 0 Å². The minimum atomic E-state index is -0.528. The number of amides is 2. The molecule has 2 amide bonds. The van der Waals surface area contributed by atoms with Gasteiger partial charge in [-0.15, -0.1) is 10.2 Å². The molecule has 26 heavy (non-hydrogen) atoms. The summed E-state index contributed by atoms with van der Waals surface area (Å²) in [6.45, 7) is 1.44. The minimum absolute atomic E-state index is 0.169. The number of nitrogens with zero attached hydrogens (tertiary/aromatic N) is 4. The summed E-state index contributed by atoms with van der Waals surface area (Å²) in [6, 6.07) is 4.98. The minimum Gasteiger partial charge on any atom is -0.340 e. The normalized spacial score (nSPS) is 16.8. The van der Waals surface area contributed by atoms with Crippen molar-refractivity contribution < 1.29 is 9.59 Å². The number of H-pyrrole nitrogens is 1. The molecule has 1 aromatic carbocycles. The predicted molar refractivity (Wildman–Crippen MR) is 96.9 cm³/mol. The van der Waals surface area contributed by atoms with Gasteiger partial charge in [-0.1, -0.05) is 35.3 Å². The molecule has 0 radical (unpaired) electrons. The van der Waals surface area contributed by atoms with Gasteiger partial charge in [-0.05, 0) is 18.9 Å². The van der Waals surface area contributed by atoms with Gasteiger partial charge >= 0.3 is 0 Å². The van der Waals surface area contributed by atoms with Gasteiger partial charge in [-0.2, -0.15) is 0 Å². The van der Waals surface area contributed by atoms with Crippen molar-refractivity contribution in [3.05, 3.63) is 51.5 Å². The van der Waals surface area contributed by atoms with Crippen LogP contribution in [0.25, 0.3) is 11.3 Å². The lowest BCUT2D eigenvalue weighted by Crippen LogP contribution is -2.28. The van der Waals surface area contributed by atoms with E-state index in [4.69, 9.17) is 23.2 Å². The molecule has 0 spiro atoms. The third-order valence-corrected chi connectivity index (χ3v) is 5.15. The highest BCUT2D eigenvalue weighted by Gasteiger charge is 2.29. The number of carbonyl (C=O) groups excluding carboxylic acids is 2. The first-order valence-electron chi connectivity index (χ1n) is 8.06. The van der Waals surface area contributed by atoms with E-state index < -0.39 is 5.91 Å². The van der Waals surface area contributed by atoms with Crippen molar-refractivity contribution in [1.29, 1.82) is 0 Å². The van der Waals surface area contributed by atoms with Gasteiger partial charge in [0.15, 0.2) is 5.82 Å². The number of imidazole rings is 1. The number of benzene rings is 1. The van der Waals surface area contributed by atoms with E-state index >= 15 is 0 Å². The van der Waals surface area contributed by atoms with Crippen molar-refractivity contribution >= 4 is 46.3 Å². The summed E-state index contributed by atoms with van der Waals surface area (Å²) in [5, 5.41) is 8.11. The molecule has 3 heterocycles. The number of rotatable bonds is 3. The van der Waals surface area contributed by atoms with Crippen molar-refractivity contribution in [2.24, 2.45) is 10.2 Å². The summed E-state index contributed by atoms with van der Waals surface area (Å²) in [5.41, 5.74) is 1.26. The van der Waals surface area contributed by atoms with Gasteiger partial charge in [-0.3, -0.25) is 9.59 Å². The standard InChI is InChI=1S/C17H13Cl2N5O2/c18-10-5-3-4-9(13(10)19)12-14(22-23-16(12)25)11-8-20-15(21-11)17(26)24-6-1-2-7-24/h3-5,8H,1-2,6-7H2,(H,20,21). The van der Waals surface area contributed by atoms with Crippen LogP contribution in [-0.4, -0.2) is 39.8 Å². The van der Waals surface area contributed by atoms with E-state index in [0.717, 1.165) is 25.9 Å². The molecule has 7 nitrogen and oxygen atoms in total. The van der Waals surface area contributed by atoms with Crippen LogP contribution in [0.15, 0.2) is 34.6 Å². The fraction of sp³-hybridized carbons (Fsp3) is 0.235. The van der Waals surface area contributed by atoms with Crippen LogP contribution in [0.2, 0.25) is 10.0 Å². The first-order valence-corrected chi connectivity index (χ1v) is 8.81. The van der Waals surface area contributed by atoms with Crippen LogP contribution < -0.4 is 0 Å². The number of likely N-dealkylation sites (tertiary alicyclic amines) is 1. The van der Waals surface area contributed by atoms with Crippen LogP contribution in [0.4, 0.5) is 0 Å². The number of hydrogen-bond acceptors (Lipinski definition) is 4. The number of aromatic nitrogens is 2. The zero-order valence-electron chi connectivity index (χ0n) is 13.5. The maximum Gasteiger partial charge on any atom is 0.298 e. The third kappa shape index (κ3) is 2.83. The van der Waals surface area contributed by atoms with Gasteiger partial charge in [-0.25, -0.2) is 4.98 Å². The molecule has 0 aliphatic carbocycles. The monoisotopic (exact) mass is 389 g/mol. The van der Waals surface area contributed by atoms with Gasteiger partial charge < -0.3 is 9.88 Å². The highest BCUT2D eigenvalue weighted by atomic mass is 35.5. The summed E-state index contributed by atoms with van der Waals surface area (Å²) < 4.78 is 0. The summed E-state index contributed by atoms with van der Waals surface area (Å²) in [5.74, 6) is -0.488. The Balaban J connectivity index is 1.74. The predicted octanol–water partition coefficient (Wildman–Crippen LogP) is 3.81. The number of azo groups is 1. The molecule has 0 bridgehead atoms. The fourth-order valence-electron chi connectivity index (χ4n) is 3.04. The molecule has 1 saturated heterocycles. The van der Waals surface area contributed by atoms with Crippen LogP contribution >= 0.6 is 23.2 Å². The molecule has 2 aliphatic heterocycles. The van der Waals surface area contributed by atoms with Crippen molar-refractivity contribution in [3.63, 3.8) is 0 Å². The smallest absolute Gasteiger partial charge is 0.298 e. The van der Waals surface area contributed by atoms with E-state index in [9.17, 15) is 9.59 Å². The number of carbonyl (C=O) groups is 2. The van der Waals surface area contributed by atoms with E-state index in [-0.39, 0.29) is 28.0 Å². The Kier molecular flexibility index (Phi) is 4.34. The SMILES string of the molecule is O=C1N=NC(c2c[nH]c(C(=O)N3CCCC3)n2)=C1c1cccc(Cl)c1Cl. The second-order valence-electron chi connectivity index (χ2n) is 5.96. The summed E-state index contributed by atoms with van der Waals surface area (Å²) >= 11 is 12.3. The molecule has 0 atom stereocenters. The molecule has 132 valence electrons. The van der Waals surface area contributed by atoms with E-state index in [1.807, 2.05) is 0 Å². The van der Waals surface area contributed by atoms with Gasteiger partial charge in [0, 0.05) is 24.8 Å².